The first-order valence-electron chi connectivity index (χ1n) is 10.0. The highest BCUT2D eigenvalue weighted by molar-refractivity contribution is 6.82. The molecule has 0 N–H and O–H groups in total. The molecule has 1 aliphatic rings. The Bertz CT molecular complexity index is 343. The first-order chi connectivity index (χ1) is 11.2. The minimum absolute atomic E-state index is 0.731. The molecule has 0 bridgehead atoms. The van der Waals surface area contributed by atoms with Crippen LogP contribution in [0.15, 0.2) is 0 Å². The Labute approximate surface area is 153 Å². The molecule has 0 aromatic heterocycles. The van der Waals surface area contributed by atoms with E-state index in [1.54, 1.807) is 0 Å². The highest BCUT2D eigenvalue weighted by atomic mass is 28.4. The number of rotatable bonds is 9. The molecule has 5 heteroatoms. The van der Waals surface area contributed by atoms with Gasteiger partial charge in [-0.1, -0.05) is 60.8 Å². The van der Waals surface area contributed by atoms with Gasteiger partial charge >= 0.3 is 8.56 Å². The van der Waals surface area contributed by atoms with Crippen molar-refractivity contribution in [2.75, 3.05) is 20.4 Å². The molecule has 1 rings (SSSR count). The maximum absolute atomic E-state index is 5.94. The monoisotopic (exact) mass is 373 g/mol. The first-order valence-corrected chi connectivity index (χ1v) is 14.7. The molecule has 144 valence electrons. The van der Waals surface area contributed by atoms with Gasteiger partial charge in [0.25, 0.3) is 0 Å². The van der Waals surface area contributed by atoms with E-state index in [9.17, 15) is 0 Å². The Kier molecular flexibility index (Phi) is 8.67. The van der Waals surface area contributed by atoms with Crippen LogP contribution in [0.5, 0.6) is 0 Å². The standard InChI is InChI=1S/C19H43NO2Si2/c1-16(2)24(17(3)4,18(5)6)20(15-23(9,21-7)22-8)19-13-11-10-12-14-19/h16-19H,10-15H2,1-9H3. The van der Waals surface area contributed by atoms with Crippen LogP contribution in [0.4, 0.5) is 0 Å². The molecule has 0 aromatic rings. The largest absolute Gasteiger partial charge is 0.397 e. The summed E-state index contributed by atoms with van der Waals surface area (Å²) >= 11 is 0. The van der Waals surface area contributed by atoms with E-state index >= 15 is 0 Å². The van der Waals surface area contributed by atoms with Crippen LogP contribution < -0.4 is 0 Å². The highest BCUT2D eigenvalue weighted by Crippen LogP contribution is 2.46. The summed E-state index contributed by atoms with van der Waals surface area (Å²) in [5, 5.41) is 0. The zero-order valence-electron chi connectivity index (χ0n) is 17.8. The van der Waals surface area contributed by atoms with Crippen molar-refractivity contribution in [3.63, 3.8) is 0 Å². The van der Waals surface area contributed by atoms with Gasteiger partial charge in [0.15, 0.2) is 0 Å². The summed E-state index contributed by atoms with van der Waals surface area (Å²) in [7, 11) is -0.119. The van der Waals surface area contributed by atoms with E-state index in [-0.39, 0.29) is 0 Å². The summed E-state index contributed by atoms with van der Waals surface area (Å²) in [6.07, 6.45) is 7.94. The van der Waals surface area contributed by atoms with E-state index in [0.29, 0.717) is 0 Å². The third-order valence-corrected chi connectivity index (χ3v) is 16.6. The summed E-state index contributed by atoms with van der Waals surface area (Å²) < 4.78 is 14.9. The van der Waals surface area contributed by atoms with Gasteiger partial charge in [-0.25, -0.2) is 0 Å². The van der Waals surface area contributed by atoms with Crippen LogP contribution in [0.25, 0.3) is 0 Å². The van der Waals surface area contributed by atoms with Crippen molar-refractivity contribution >= 4 is 16.8 Å². The zero-order valence-corrected chi connectivity index (χ0v) is 19.8. The molecule has 0 atom stereocenters. The van der Waals surface area contributed by atoms with E-state index in [1.807, 2.05) is 14.2 Å². The van der Waals surface area contributed by atoms with Crippen LogP contribution >= 0.6 is 0 Å². The van der Waals surface area contributed by atoms with Crippen molar-refractivity contribution in [1.82, 2.24) is 4.57 Å². The molecule has 0 spiro atoms. The SMILES string of the molecule is CO[Si](C)(CN(C1CCCCC1)[Si](C(C)C)(C(C)C)C(C)C)OC. The van der Waals surface area contributed by atoms with E-state index in [0.717, 1.165) is 28.8 Å². The normalized spacial score (nSPS) is 18.4. The van der Waals surface area contributed by atoms with Crippen molar-refractivity contribution in [2.24, 2.45) is 0 Å². The predicted molar refractivity (Wildman–Crippen MR) is 110 cm³/mol. The summed E-state index contributed by atoms with van der Waals surface area (Å²) in [6.45, 7) is 17.1. The fourth-order valence-electron chi connectivity index (χ4n) is 5.49. The van der Waals surface area contributed by atoms with Crippen LogP contribution in [0, 0.1) is 0 Å². The molecule has 0 heterocycles. The Balaban J connectivity index is 3.35. The number of hydrogen-bond donors (Lipinski definition) is 0. The molecule has 0 saturated heterocycles. The minimum Gasteiger partial charge on any atom is -0.397 e. The summed E-state index contributed by atoms with van der Waals surface area (Å²) in [4.78, 5) is 0. The minimum atomic E-state index is -2.13. The molecule has 3 nitrogen and oxygen atoms in total. The Morgan fingerprint density at radius 2 is 1.25 bits per heavy atom. The third kappa shape index (κ3) is 4.53. The first kappa shape index (κ1) is 22.4. The smallest absolute Gasteiger partial charge is 0.348 e. The molecule has 0 aliphatic heterocycles. The summed E-state index contributed by atoms with van der Waals surface area (Å²) in [5.74, 6) is 0. The second-order valence-corrected chi connectivity index (χ2v) is 18.0. The van der Waals surface area contributed by atoms with Gasteiger partial charge in [0.2, 0.25) is 0 Å². The molecule has 0 amide bonds. The van der Waals surface area contributed by atoms with Crippen molar-refractivity contribution in [2.45, 2.75) is 103 Å². The lowest BCUT2D eigenvalue weighted by molar-refractivity contribution is 0.198. The predicted octanol–water partition coefficient (Wildman–Crippen LogP) is 5.70. The van der Waals surface area contributed by atoms with E-state index in [4.69, 9.17) is 8.85 Å². The Hall–Kier alpha value is 0.314. The lowest BCUT2D eigenvalue weighted by atomic mass is 9.96. The second kappa shape index (κ2) is 9.31. The Morgan fingerprint density at radius 1 is 0.833 bits per heavy atom. The molecule has 0 aromatic carbocycles. The van der Waals surface area contributed by atoms with Gasteiger partial charge in [-0.3, -0.25) is 0 Å². The van der Waals surface area contributed by atoms with E-state index < -0.39 is 16.8 Å². The average Bonchev–Trinajstić information content (AvgIpc) is 2.54. The van der Waals surface area contributed by atoms with Crippen molar-refractivity contribution in [3.05, 3.63) is 0 Å². The molecule has 1 saturated carbocycles. The maximum Gasteiger partial charge on any atom is 0.348 e. The Morgan fingerprint density at radius 3 is 1.58 bits per heavy atom. The van der Waals surface area contributed by atoms with Crippen LogP contribution in [-0.4, -0.2) is 47.8 Å². The van der Waals surface area contributed by atoms with Crippen molar-refractivity contribution in [1.29, 1.82) is 0 Å². The quantitative estimate of drug-likeness (QED) is 0.484. The number of hydrogen-bond acceptors (Lipinski definition) is 3. The van der Waals surface area contributed by atoms with Crippen LogP contribution in [-0.2, 0) is 8.85 Å². The summed E-state index contributed by atoms with van der Waals surface area (Å²) in [5.41, 5.74) is 2.23. The van der Waals surface area contributed by atoms with Gasteiger partial charge in [-0.05, 0) is 36.0 Å². The number of nitrogens with zero attached hydrogens (tertiary/aromatic N) is 1. The maximum atomic E-state index is 5.94. The highest BCUT2D eigenvalue weighted by Gasteiger charge is 2.52. The molecule has 0 unspecified atom stereocenters. The van der Waals surface area contributed by atoms with Crippen molar-refractivity contribution < 1.29 is 8.85 Å². The van der Waals surface area contributed by atoms with Crippen LogP contribution in [0.1, 0.15) is 73.6 Å². The summed E-state index contributed by atoms with van der Waals surface area (Å²) in [6, 6.07) is 0.731. The molecular weight excluding hydrogens is 330 g/mol. The molecule has 0 radical (unpaired) electrons. The van der Waals surface area contributed by atoms with E-state index in [2.05, 4.69) is 52.7 Å². The van der Waals surface area contributed by atoms with E-state index in [1.165, 1.54) is 32.1 Å². The van der Waals surface area contributed by atoms with Gasteiger partial charge in [0.05, 0.1) is 0 Å². The van der Waals surface area contributed by atoms with Crippen LogP contribution in [0.2, 0.25) is 23.2 Å². The average molecular weight is 374 g/mol. The fraction of sp³-hybridized carbons (Fsp3) is 1.00. The molecule has 1 fully saturated rings. The van der Waals surface area contributed by atoms with Gasteiger partial charge in [-0.15, -0.1) is 0 Å². The van der Waals surface area contributed by atoms with Gasteiger partial charge in [0.1, 0.15) is 8.24 Å². The lowest BCUT2D eigenvalue weighted by Crippen LogP contribution is -2.68. The van der Waals surface area contributed by atoms with Gasteiger partial charge in [-0.2, -0.15) is 0 Å². The van der Waals surface area contributed by atoms with Gasteiger partial charge in [0, 0.05) is 26.4 Å². The van der Waals surface area contributed by atoms with Gasteiger partial charge < -0.3 is 13.4 Å². The lowest BCUT2D eigenvalue weighted by Gasteiger charge is -2.56. The fourth-order valence-corrected chi connectivity index (χ4v) is 15.6. The molecular formula is C19H43NO2Si2. The third-order valence-electron chi connectivity index (χ3n) is 6.61. The second-order valence-electron chi connectivity index (χ2n) is 8.81. The zero-order chi connectivity index (χ0) is 18.5. The van der Waals surface area contributed by atoms with Crippen LogP contribution in [0.3, 0.4) is 0 Å². The van der Waals surface area contributed by atoms with Crippen molar-refractivity contribution in [3.8, 4) is 0 Å². The topological polar surface area (TPSA) is 21.7 Å². The molecule has 24 heavy (non-hydrogen) atoms. The molecule has 1 aliphatic carbocycles.